The Hall–Kier alpha value is -2.21. The molecule has 0 aliphatic rings. The van der Waals surface area contributed by atoms with Crippen molar-refractivity contribution < 1.29 is 18.8 Å². The molecule has 2 aromatic rings. The lowest BCUT2D eigenvalue weighted by Gasteiger charge is -2.17. The standard InChI is InChI=1S/C17H21ClN2O4/c1-17(2,3)10-19-16(21)14-8-12(24-20-14)9-23-15-6-5-11(22-4)7-13(15)18/h5-8H,9-10H2,1-4H3,(H,19,21). The summed E-state index contributed by atoms with van der Waals surface area (Å²) in [5.41, 5.74) is 0.217. The lowest BCUT2D eigenvalue weighted by molar-refractivity contribution is 0.0930. The Morgan fingerprint density at radius 3 is 2.71 bits per heavy atom. The number of carbonyl (C=O) groups is 1. The van der Waals surface area contributed by atoms with E-state index in [1.807, 2.05) is 20.8 Å². The van der Waals surface area contributed by atoms with E-state index in [1.54, 1.807) is 31.4 Å². The molecule has 7 heteroatoms. The number of aromatic nitrogens is 1. The van der Waals surface area contributed by atoms with E-state index in [-0.39, 0.29) is 23.6 Å². The van der Waals surface area contributed by atoms with E-state index >= 15 is 0 Å². The van der Waals surface area contributed by atoms with Crippen molar-refractivity contribution in [3.63, 3.8) is 0 Å². The third-order valence-corrected chi connectivity index (χ3v) is 3.38. The lowest BCUT2D eigenvalue weighted by atomic mass is 9.97. The molecule has 130 valence electrons. The highest BCUT2D eigenvalue weighted by Crippen LogP contribution is 2.29. The summed E-state index contributed by atoms with van der Waals surface area (Å²) in [6.45, 7) is 6.77. The molecule has 1 aromatic heterocycles. The number of halogens is 1. The summed E-state index contributed by atoms with van der Waals surface area (Å²) in [7, 11) is 1.56. The smallest absolute Gasteiger partial charge is 0.273 e. The summed E-state index contributed by atoms with van der Waals surface area (Å²) in [5, 5.41) is 7.00. The van der Waals surface area contributed by atoms with Crippen LogP contribution in [0.1, 0.15) is 37.0 Å². The predicted molar refractivity (Wildman–Crippen MR) is 90.6 cm³/mol. The maximum atomic E-state index is 12.0. The fraction of sp³-hybridized carbons (Fsp3) is 0.412. The zero-order chi connectivity index (χ0) is 17.7. The van der Waals surface area contributed by atoms with E-state index < -0.39 is 0 Å². The van der Waals surface area contributed by atoms with E-state index in [0.29, 0.717) is 28.8 Å². The minimum Gasteiger partial charge on any atom is -0.497 e. The van der Waals surface area contributed by atoms with Crippen molar-refractivity contribution in [3.8, 4) is 11.5 Å². The van der Waals surface area contributed by atoms with Crippen molar-refractivity contribution in [2.75, 3.05) is 13.7 Å². The fourth-order valence-electron chi connectivity index (χ4n) is 1.80. The van der Waals surface area contributed by atoms with Crippen LogP contribution >= 0.6 is 11.6 Å². The first-order chi connectivity index (χ1) is 11.3. The van der Waals surface area contributed by atoms with Crippen LogP contribution in [0.3, 0.4) is 0 Å². The van der Waals surface area contributed by atoms with Gasteiger partial charge >= 0.3 is 0 Å². The second-order valence-corrected chi connectivity index (χ2v) is 6.91. The molecule has 0 radical (unpaired) electrons. The first-order valence-electron chi connectivity index (χ1n) is 7.48. The predicted octanol–water partition coefficient (Wildman–Crippen LogP) is 3.69. The summed E-state index contributed by atoms with van der Waals surface area (Å²) in [6.07, 6.45) is 0. The van der Waals surface area contributed by atoms with Gasteiger partial charge in [-0.3, -0.25) is 4.79 Å². The summed E-state index contributed by atoms with van der Waals surface area (Å²) < 4.78 is 15.8. The van der Waals surface area contributed by atoms with Crippen molar-refractivity contribution in [1.29, 1.82) is 0 Å². The number of benzene rings is 1. The van der Waals surface area contributed by atoms with Gasteiger partial charge in [-0.05, 0) is 17.5 Å². The molecule has 0 aliphatic heterocycles. The van der Waals surface area contributed by atoms with Crippen LogP contribution in [0.5, 0.6) is 11.5 Å². The molecule has 0 fully saturated rings. The van der Waals surface area contributed by atoms with Crippen LogP contribution in [-0.4, -0.2) is 24.7 Å². The second kappa shape index (κ2) is 7.57. The van der Waals surface area contributed by atoms with Crippen LogP contribution in [0.25, 0.3) is 0 Å². The van der Waals surface area contributed by atoms with Gasteiger partial charge in [0.1, 0.15) is 18.1 Å². The van der Waals surface area contributed by atoms with Gasteiger partial charge in [-0.1, -0.05) is 37.5 Å². The number of amides is 1. The molecule has 0 saturated heterocycles. The molecule has 1 aromatic carbocycles. The maximum Gasteiger partial charge on any atom is 0.273 e. The van der Waals surface area contributed by atoms with Crippen LogP contribution in [-0.2, 0) is 6.61 Å². The SMILES string of the molecule is COc1ccc(OCc2cc(C(=O)NCC(C)(C)C)no2)c(Cl)c1. The zero-order valence-electron chi connectivity index (χ0n) is 14.2. The highest BCUT2D eigenvalue weighted by atomic mass is 35.5. The zero-order valence-corrected chi connectivity index (χ0v) is 14.9. The average Bonchev–Trinajstić information content (AvgIpc) is 2.99. The van der Waals surface area contributed by atoms with Crippen LogP contribution < -0.4 is 14.8 Å². The Balaban J connectivity index is 1.93. The number of carbonyl (C=O) groups excluding carboxylic acids is 1. The highest BCUT2D eigenvalue weighted by Gasteiger charge is 2.16. The second-order valence-electron chi connectivity index (χ2n) is 6.51. The minimum absolute atomic E-state index is 0.00352. The van der Waals surface area contributed by atoms with E-state index in [1.165, 1.54) is 0 Å². The molecular weight excluding hydrogens is 332 g/mol. The molecule has 6 nitrogen and oxygen atoms in total. The molecule has 0 spiro atoms. The number of hydrogen-bond acceptors (Lipinski definition) is 5. The Morgan fingerprint density at radius 2 is 2.08 bits per heavy atom. The minimum atomic E-state index is -0.276. The molecule has 1 N–H and O–H groups in total. The van der Waals surface area contributed by atoms with E-state index in [4.69, 9.17) is 25.6 Å². The van der Waals surface area contributed by atoms with Gasteiger partial charge in [0.15, 0.2) is 11.5 Å². The van der Waals surface area contributed by atoms with Gasteiger partial charge in [0.05, 0.1) is 12.1 Å². The van der Waals surface area contributed by atoms with E-state index in [0.717, 1.165) is 0 Å². The van der Waals surface area contributed by atoms with Gasteiger partial charge in [-0.25, -0.2) is 0 Å². The number of nitrogens with one attached hydrogen (secondary N) is 1. The van der Waals surface area contributed by atoms with E-state index in [2.05, 4.69) is 10.5 Å². The third kappa shape index (κ3) is 5.16. The molecule has 1 heterocycles. The Kier molecular flexibility index (Phi) is 5.72. The molecule has 0 unspecified atom stereocenters. The lowest BCUT2D eigenvalue weighted by Crippen LogP contribution is -2.32. The topological polar surface area (TPSA) is 73.6 Å². The van der Waals surface area contributed by atoms with Crippen molar-refractivity contribution in [2.45, 2.75) is 27.4 Å². The monoisotopic (exact) mass is 352 g/mol. The number of hydrogen-bond donors (Lipinski definition) is 1. The van der Waals surface area contributed by atoms with Crippen LogP contribution in [0.2, 0.25) is 5.02 Å². The molecule has 0 atom stereocenters. The van der Waals surface area contributed by atoms with Gasteiger partial charge in [0.2, 0.25) is 0 Å². The number of nitrogens with zero attached hydrogens (tertiary/aromatic N) is 1. The van der Waals surface area contributed by atoms with Crippen molar-refractivity contribution in [1.82, 2.24) is 10.5 Å². The van der Waals surface area contributed by atoms with Crippen molar-refractivity contribution in [2.24, 2.45) is 5.41 Å². The first-order valence-corrected chi connectivity index (χ1v) is 7.86. The van der Waals surface area contributed by atoms with Gasteiger partial charge in [-0.2, -0.15) is 0 Å². The van der Waals surface area contributed by atoms with E-state index in [9.17, 15) is 4.79 Å². The fourth-order valence-corrected chi connectivity index (χ4v) is 2.02. The number of ether oxygens (including phenoxy) is 2. The first kappa shape index (κ1) is 18.1. The normalized spacial score (nSPS) is 11.2. The molecule has 0 bridgehead atoms. The van der Waals surface area contributed by atoms with Gasteiger partial charge in [-0.15, -0.1) is 0 Å². The largest absolute Gasteiger partial charge is 0.497 e. The molecular formula is C17H21ClN2O4. The van der Waals surface area contributed by atoms with Crippen LogP contribution in [0.15, 0.2) is 28.8 Å². The summed E-state index contributed by atoms with van der Waals surface area (Å²) in [5.74, 6) is 1.29. The van der Waals surface area contributed by atoms with Crippen LogP contribution in [0.4, 0.5) is 0 Å². The van der Waals surface area contributed by atoms with Crippen LogP contribution in [0, 0.1) is 5.41 Å². The maximum absolute atomic E-state index is 12.0. The molecule has 1 amide bonds. The van der Waals surface area contributed by atoms with Crippen molar-refractivity contribution in [3.05, 3.63) is 40.7 Å². The molecule has 24 heavy (non-hydrogen) atoms. The summed E-state index contributed by atoms with van der Waals surface area (Å²) in [4.78, 5) is 12.0. The quantitative estimate of drug-likeness (QED) is 0.858. The summed E-state index contributed by atoms with van der Waals surface area (Å²) in [6, 6.07) is 6.65. The van der Waals surface area contributed by atoms with Gasteiger partial charge < -0.3 is 19.3 Å². The molecule has 0 aliphatic carbocycles. The third-order valence-electron chi connectivity index (χ3n) is 3.08. The Bertz CT molecular complexity index is 707. The Labute approximate surface area is 146 Å². The van der Waals surface area contributed by atoms with Crippen molar-refractivity contribution >= 4 is 17.5 Å². The Morgan fingerprint density at radius 1 is 1.33 bits per heavy atom. The average molecular weight is 353 g/mol. The molecule has 2 rings (SSSR count). The number of methoxy groups -OCH3 is 1. The highest BCUT2D eigenvalue weighted by molar-refractivity contribution is 6.32. The van der Waals surface area contributed by atoms with Gasteiger partial charge in [0.25, 0.3) is 5.91 Å². The van der Waals surface area contributed by atoms with Gasteiger partial charge in [0, 0.05) is 18.7 Å². The molecule has 0 saturated carbocycles. The summed E-state index contributed by atoms with van der Waals surface area (Å²) >= 11 is 6.10. The number of rotatable bonds is 6.